The summed E-state index contributed by atoms with van der Waals surface area (Å²) in [6, 6.07) is 2.23. The van der Waals surface area contributed by atoms with Crippen molar-refractivity contribution in [2.45, 2.75) is 13.0 Å². The van der Waals surface area contributed by atoms with Gasteiger partial charge in [-0.15, -0.1) is 0 Å². The van der Waals surface area contributed by atoms with E-state index >= 15 is 0 Å². The first-order valence-corrected chi connectivity index (χ1v) is 8.84. The van der Waals surface area contributed by atoms with E-state index in [4.69, 9.17) is 4.74 Å². The van der Waals surface area contributed by atoms with Gasteiger partial charge in [-0.25, -0.2) is 0 Å². The summed E-state index contributed by atoms with van der Waals surface area (Å²) < 4.78 is 32.1. The summed E-state index contributed by atoms with van der Waals surface area (Å²) >= 11 is 0.316. The topological polar surface area (TPSA) is 61.9 Å². The summed E-state index contributed by atoms with van der Waals surface area (Å²) in [5.74, 6) is -1.57. The molecule has 0 aromatic heterocycles. The quantitative estimate of drug-likeness (QED) is 0.669. The van der Waals surface area contributed by atoms with Crippen molar-refractivity contribution in [3.63, 3.8) is 0 Å². The Hall–Kier alpha value is -1.42. The number of hydrogen-bond acceptors (Lipinski definition) is 4. The van der Waals surface area contributed by atoms with Crippen LogP contribution in [0.5, 0.6) is 0 Å². The molecule has 1 aliphatic heterocycles. The zero-order chi connectivity index (χ0) is 18.4. The predicted molar refractivity (Wildman–Crippen MR) is 89.1 cm³/mol. The van der Waals surface area contributed by atoms with Crippen molar-refractivity contribution in [3.8, 4) is 0 Å². The molecule has 0 bridgehead atoms. The molecule has 9 heteroatoms. The van der Waals surface area contributed by atoms with E-state index in [0.717, 1.165) is 17.0 Å². The first-order valence-electron chi connectivity index (χ1n) is 7.19. The number of nitrogens with zero attached hydrogens (tertiary/aromatic N) is 2. The van der Waals surface area contributed by atoms with E-state index in [2.05, 4.69) is 5.32 Å². The molecular weight excluding hydrogens is 427 g/mol. The van der Waals surface area contributed by atoms with Crippen LogP contribution >= 0.6 is 0 Å². The molecule has 1 aromatic carbocycles. The van der Waals surface area contributed by atoms with E-state index < -0.39 is 23.8 Å². The zero-order valence-corrected chi connectivity index (χ0v) is 17.4. The van der Waals surface area contributed by atoms with Crippen molar-refractivity contribution in [1.29, 1.82) is 0 Å². The molecule has 1 N–H and O–H groups in total. The number of anilines is 1. The van der Waals surface area contributed by atoms with Crippen molar-refractivity contribution >= 4 is 43.8 Å². The molecule has 1 heterocycles. The molecule has 24 heavy (non-hydrogen) atoms. The zero-order valence-electron chi connectivity index (χ0n) is 14.1. The third-order valence-electron chi connectivity index (χ3n) is 2.83. The fourth-order valence-corrected chi connectivity index (χ4v) is 2.30. The first kappa shape index (κ1) is 20.6. The number of benzene rings is 1. The van der Waals surface area contributed by atoms with E-state index in [-0.39, 0.29) is 28.3 Å². The van der Waals surface area contributed by atoms with Gasteiger partial charge in [0.05, 0.1) is 0 Å². The van der Waals surface area contributed by atoms with Crippen LogP contribution in [0.1, 0.15) is 6.92 Å². The van der Waals surface area contributed by atoms with Gasteiger partial charge in [-0.05, 0) is 21.1 Å². The van der Waals surface area contributed by atoms with Crippen molar-refractivity contribution in [2.75, 3.05) is 39.1 Å². The number of amides is 2. The van der Waals surface area contributed by atoms with Gasteiger partial charge >= 0.3 is 127 Å². The average Bonchev–Trinajstić information content (AvgIpc) is 2.82. The minimum absolute atomic E-state index is 0.0292. The van der Waals surface area contributed by atoms with Crippen LogP contribution in [0.4, 0.5) is 19.3 Å². The molecule has 1 aliphatic rings. The molecule has 2 amide bonds. The Labute approximate surface area is 153 Å². The Morgan fingerprint density at radius 3 is 2.33 bits per heavy atom. The molecular formula is C15H21F2N3O3Sn. The van der Waals surface area contributed by atoms with Gasteiger partial charge in [0.15, 0.2) is 0 Å². The fraction of sp³-hybridized carbons (Fsp3) is 0.467. The normalized spacial score (nSPS) is 16.6. The van der Waals surface area contributed by atoms with E-state index in [9.17, 15) is 18.4 Å². The molecule has 1 atom stereocenters. The summed E-state index contributed by atoms with van der Waals surface area (Å²) in [6.45, 7) is 1.65. The second-order valence-corrected chi connectivity index (χ2v) is 7.37. The number of carbonyl (C=O) groups is 2. The van der Waals surface area contributed by atoms with Crippen molar-refractivity contribution in [3.05, 3.63) is 23.8 Å². The Morgan fingerprint density at radius 1 is 1.38 bits per heavy atom. The van der Waals surface area contributed by atoms with Crippen LogP contribution in [-0.4, -0.2) is 79.8 Å². The van der Waals surface area contributed by atoms with Gasteiger partial charge in [-0.1, -0.05) is 0 Å². The van der Waals surface area contributed by atoms with E-state index in [1.54, 1.807) is 0 Å². The van der Waals surface area contributed by atoms with E-state index in [0.29, 0.717) is 22.5 Å². The number of hydrogen-bond donors (Lipinski definition) is 1. The molecule has 0 spiro atoms. The second-order valence-electron chi connectivity index (χ2n) is 5.72. The summed E-state index contributed by atoms with van der Waals surface area (Å²) in [6.07, 6.45) is -1.22. The number of ether oxygens (including phenoxy) is 1. The van der Waals surface area contributed by atoms with Crippen LogP contribution in [-0.2, 0) is 9.53 Å². The standard InChI is InChI=1S/C12H11F2N2O3.C3H9N.Sn.H/c1-7(17)15-5-11-6-16(12(18)19-11)10-3-8(13)2-9(14)4-10;1-4(2)3;;/h3-4,11H,5-6H2,1H3,(H,15,17);1-3H3;;. The Morgan fingerprint density at radius 2 is 1.88 bits per heavy atom. The first-order chi connectivity index (χ1) is 11.1. The number of nitrogens with one attached hydrogen (secondary N) is 1. The average molecular weight is 448 g/mol. The van der Waals surface area contributed by atoms with Crippen LogP contribution in [0.2, 0.25) is 0 Å². The van der Waals surface area contributed by atoms with Gasteiger partial charge < -0.3 is 4.90 Å². The smallest absolute Gasteiger partial charge is 0.0140 e. The van der Waals surface area contributed by atoms with Gasteiger partial charge in [-0.3, -0.25) is 0 Å². The molecule has 2 radical (unpaired) electrons. The molecule has 132 valence electrons. The maximum atomic E-state index is 13.5. The van der Waals surface area contributed by atoms with Crippen LogP contribution in [0.3, 0.4) is 0 Å². The molecule has 0 aliphatic carbocycles. The fourth-order valence-electron chi connectivity index (χ4n) is 1.82. The minimum Gasteiger partial charge on any atom is -0.312 e. The molecule has 1 aromatic rings. The summed E-state index contributed by atoms with van der Waals surface area (Å²) in [4.78, 5) is 25.6. The second kappa shape index (κ2) is 9.16. The predicted octanol–water partition coefficient (Wildman–Crippen LogP) is 0.130. The maximum absolute atomic E-state index is 13.5. The number of carbonyl (C=O) groups excluding carboxylic acids is 2. The van der Waals surface area contributed by atoms with Gasteiger partial charge in [0, 0.05) is 0 Å². The third kappa shape index (κ3) is 6.23. The molecule has 1 fully saturated rings. The van der Waals surface area contributed by atoms with Crippen molar-refractivity contribution in [1.82, 2.24) is 10.2 Å². The van der Waals surface area contributed by atoms with Gasteiger partial charge in [0.1, 0.15) is 0 Å². The van der Waals surface area contributed by atoms with Gasteiger partial charge in [0.2, 0.25) is 0 Å². The SMILES string of the molecule is CC(=O)NCC1CN(c2cc(F)[c]([SnH])c(F)c2)C(=O)O1.CN(C)C. The van der Waals surface area contributed by atoms with Crippen LogP contribution < -0.4 is 13.8 Å². The van der Waals surface area contributed by atoms with E-state index in [1.165, 1.54) is 6.92 Å². The minimum atomic E-state index is -0.681. The molecule has 1 unspecified atom stereocenters. The largest absolute Gasteiger partial charge is 0.312 e. The number of cyclic esters (lactones) is 1. The van der Waals surface area contributed by atoms with E-state index in [1.807, 2.05) is 26.0 Å². The molecule has 0 saturated carbocycles. The van der Waals surface area contributed by atoms with Crippen LogP contribution in [0.15, 0.2) is 12.1 Å². The number of halogens is 2. The molecule has 1 saturated heterocycles. The van der Waals surface area contributed by atoms with Crippen LogP contribution in [0, 0.1) is 11.6 Å². The van der Waals surface area contributed by atoms with Crippen LogP contribution in [0.25, 0.3) is 0 Å². The summed E-state index contributed by atoms with van der Waals surface area (Å²) in [7, 11) is 6.00. The number of rotatable bonds is 3. The Bertz CT molecular complexity index is 588. The van der Waals surface area contributed by atoms with Crippen molar-refractivity contribution < 1.29 is 23.1 Å². The Kier molecular flexibility index (Phi) is 7.87. The third-order valence-corrected chi connectivity index (χ3v) is 4.40. The van der Waals surface area contributed by atoms with Gasteiger partial charge in [0.25, 0.3) is 0 Å². The maximum Gasteiger partial charge on any atom is -0.0140 e. The van der Waals surface area contributed by atoms with Crippen molar-refractivity contribution in [2.24, 2.45) is 0 Å². The van der Waals surface area contributed by atoms with Gasteiger partial charge in [-0.2, -0.15) is 0 Å². The Balaban J connectivity index is 0.000000648. The molecule has 6 nitrogen and oxygen atoms in total. The summed E-state index contributed by atoms with van der Waals surface area (Å²) in [5, 5.41) is 2.53. The summed E-state index contributed by atoms with van der Waals surface area (Å²) in [5.41, 5.74) is 0.119. The monoisotopic (exact) mass is 449 g/mol. The molecule has 2 rings (SSSR count).